The molecule has 0 heterocycles. The van der Waals surface area contributed by atoms with Crippen LogP contribution in [0.3, 0.4) is 0 Å². The van der Waals surface area contributed by atoms with E-state index in [9.17, 15) is 4.79 Å². The van der Waals surface area contributed by atoms with Gasteiger partial charge in [0, 0.05) is 11.8 Å². The van der Waals surface area contributed by atoms with Crippen molar-refractivity contribution in [3.05, 3.63) is 54.1 Å². The molecule has 0 saturated carbocycles. The molecule has 0 aromatic heterocycles. The van der Waals surface area contributed by atoms with E-state index in [1.54, 1.807) is 26.2 Å². The molecule has 1 atom stereocenters. The van der Waals surface area contributed by atoms with Crippen LogP contribution in [0.4, 0.5) is 5.69 Å². The monoisotopic (exact) mass is 285 g/mol. The number of ether oxygens (including phenoxy) is 2. The molecule has 2 aromatic rings. The molecule has 0 aliphatic heterocycles. The molecule has 0 unspecified atom stereocenters. The number of aryl methyl sites for hydroxylation is 1. The standard InChI is InChI=1S/C17H19NO3/c1-12-7-4-5-10-16(12)18-17(19)13(2)21-15-9-6-8-14(11-15)20-3/h4-11,13H,1-3H3,(H,18,19)/t13-/m1/s1. The number of para-hydroxylation sites is 1. The first-order chi connectivity index (χ1) is 10.1. The van der Waals surface area contributed by atoms with Crippen LogP contribution in [0.5, 0.6) is 11.5 Å². The molecular formula is C17H19NO3. The zero-order valence-electron chi connectivity index (χ0n) is 12.4. The maximum Gasteiger partial charge on any atom is 0.265 e. The van der Waals surface area contributed by atoms with Gasteiger partial charge in [-0.25, -0.2) is 0 Å². The molecule has 1 amide bonds. The van der Waals surface area contributed by atoms with E-state index in [1.807, 2.05) is 43.3 Å². The highest BCUT2D eigenvalue weighted by molar-refractivity contribution is 5.94. The molecule has 4 heteroatoms. The first kappa shape index (κ1) is 14.9. The van der Waals surface area contributed by atoms with E-state index in [0.717, 1.165) is 11.3 Å². The van der Waals surface area contributed by atoms with Crippen molar-refractivity contribution in [3.8, 4) is 11.5 Å². The number of methoxy groups -OCH3 is 1. The van der Waals surface area contributed by atoms with Crippen LogP contribution in [0.2, 0.25) is 0 Å². The molecule has 0 bridgehead atoms. The zero-order chi connectivity index (χ0) is 15.2. The summed E-state index contributed by atoms with van der Waals surface area (Å²) in [6, 6.07) is 14.8. The predicted molar refractivity (Wildman–Crippen MR) is 82.9 cm³/mol. The molecule has 2 rings (SSSR count). The molecule has 4 nitrogen and oxygen atoms in total. The van der Waals surface area contributed by atoms with Gasteiger partial charge in [0.05, 0.1) is 7.11 Å². The second-order valence-electron chi connectivity index (χ2n) is 4.74. The van der Waals surface area contributed by atoms with Gasteiger partial charge in [0.15, 0.2) is 6.10 Å². The Bertz CT molecular complexity index is 625. The quantitative estimate of drug-likeness (QED) is 0.915. The molecule has 0 radical (unpaired) electrons. The van der Waals surface area contributed by atoms with E-state index in [2.05, 4.69) is 5.32 Å². The Hall–Kier alpha value is -2.49. The third kappa shape index (κ3) is 3.99. The third-order valence-corrected chi connectivity index (χ3v) is 3.13. The summed E-state index contributed by atoms with van der Waals surface area (Å²) in [7, 11) is 1.59. The van der Waals surface area contributed by atoms with Crippen LogP contribution in [-0.4, -0.2) is 19.1 Å². The number of nitrogens with one attached hydrogen (secondary N) is 1. The Morgan fingerprint density at radius 2 is 1.81 bits per heavy atom. The number of hydrogen-bond donors (Lipinski definition) is 1. The summed E-state index contributed by atoms with van der Waals surface area (Å²) >= 11 is 0. The average Bonchev–Trinajstić information content (AvgIpc) is 2.49. The molecule has 1 N–H and O–H groups in total. The third-order valence-electron chi connectivity index (χ3n) is 3.13. The Balaban J connectivity index is 2.01. The lowest BCUT2D eigenvalue weighted by Crippen LogP contribution is -2.30. The molecule has 0 saturated heterocycles. The van der Waals surface area contributed by atoms with Gasteiger partial charge < -0.3 is 14.8 Å². The highest BCUT2D eigenvalue weighted by Gasteiger charge is 2.15. The van der Waals surface area contributed by atoms with Crippen LogP contribution in [0.1, 0.15) is 12.5 Å². The van der Waals surface area contributed by atoms with Gasteiger partial charge in [-0.1, -0.05) is 24.3 Å². The molecular weight excluding hydrogens is 266 g/mol. The van der Waals surface area contributed by atoms with Gasteiger partial charge in [0.1, 0.15) is 11.5 Å². The lowest BCUT2D eigenvalue weighted by atomic mass is 10.2. The minimum absolute atomic E-state index is 0.188. The smallest absolute Gasteiger partial charge is 0.265 e. The number of carbonyl (C=O) groups excluding carboxylic acids is 1. The highest BCUT2D eigenvalue weighted by Crippen LogP contribution is 2.20. The lowest BCUT2D eigenvalue weighted by Gasteiger charge is -2.16. The van der Waals surface area contributed by atoms with Gasteiger partial charge in [0.25, 0.3) is 5.91 Å². The van der Waals surface area contributed by atoms with Crippen LogP contribution >= 0.6 is 0 Å². The minimum atomic E-state index is -0.600. The first-order valence-electron chi connectivity index (χ1n) is 6.77. The van der Waals surface area contributed by atoms with Crippen molar-refractivity contribution in [3.63, 3.8) is 0 Å². The Morgan fingerprint density at radius 3 is 2.52 bits per heavy atom. The Kier molecular flexibility index (Phi) is 4.82. The second kappa shape index (κ2) is 6.79. The van der Waals surface area contributed by atoms with Gasteiger partial charge in [-0.2, -0.15) is 0 Å². The number of hydrogen-bond acceptors (Lipinski definition) is 3. The molecule has 0 aliphatic rings. The molecule has 21 heavy (non-hydrogen) atoms. The van der Waals surface area contributed by atoms with Gasteiger partial charge in [0.2, 0.25) is 0 Å². The molecule has 0 fully saturated rings. The van der Waals surface area contributed by atoms with E-state index in [4.69, 9.17) is 9.47 Å². The van der Waals surface area contributed by atoms with Crippen LogP contribution in [0.25, 0.3) is 0 Å². The summed E-state index contributed by atoms with van der Waals surface area (Å²) in [5.74, 6) is 1.10. The zero-order valence-corrected chi connectivity index (χ0v) is 12.4. The Labute approximate surface area is 124 Å². The maximum atomic E-state index is 12.2. The lowest BCUT2D eigenvalue weighted by molar-refractivity contribution is -0.122. The van der Waals surface area contributed by atoms with Crippen molar-refractivity contribution >= 4 is 11.6 Å². The first-order valence-corrected chi connectivity index (χ1v) is 6.77. The van der Waals surface area contributed by atoms with Gasteiger partial charge in [-0.05, 0) is 37.6 Å². The molecule has 0 spiro atoms. The summed E-state index contributed by atoms with van der Waals surface area (Å²) in [4.78, 5) is 12.2. The normalized spacial score (nSPS) is 11.6. The summed E-state index contributed by atoms with van der Waals surface area (Å²) in [6.45, 7) is 3.66. The van der Waals surface area contributed by atoms with E-state index >= 15 is 0 Å². The van der Waals surface area contributed by atoms with Crippen LogP contribution in [-0.2, 0) is 4.79 Å². The minimum Gasteiger partial charge on any atom is -0.497 e. The number of benzene rings is 2. The number of carbonyl (C=O) groups is 1. The van der Waals surface area contributed by atoms with Crippen LogP contribution in [0, 0.1) is 6.92 Å². The average molecular weight is 285 g/mol. The SMILES string of the molecule is COc1cccc(O[C@H](C)C(=O)Nc2ccccc2C)c1. The predicted octanol–water partition coefficient (Wildman–Crippen LogP) is 3.41. The summed E-state index contributed by atoms with van der Waals surface area (Å²) in [5.41, 5.74) is 1.81. The fraction of sp³-hybridized carbons (Fsp3) is 0.235. The molecule has 110 valence electrons. The van der Waals surface area contributed by atoms with Gasteiger partial charge in [-0.3, -0.25) is 4.79 Å². The largest absolute Gasteiger partial charge is 0.497 e. The fourth-order valence-corrected chi connectivity index (χ4v) is 1.88. The van der Waals surface area contributed by atoms with Crippen molar-refractivity contribution in [2.45, 2.75) is 20.0 Å². The van der Waals surface area contributed by atoms with Crippen LogP contribution in [0.15, 0.2) is 48.5 Å². The van der Waals surface area contributed by atoms with Crippen molar-refractivity contribution in [2.24, 2.45) is 0 Å². The summed E-state index contributed by atoms with van der Waals surface area (Å²) in [5, 5.41) is 2.86. The van der Waals surface area contributed by atoms with Gasteiger partial charge >= 0.3 is 0 Å². The highest BCUT2D eigenvalue weighted by atomic mass is 16.5. The fourth-order valence-electron chi connectivity index (χ4n) is 1.88. The van der Waals surface area contributed by atoms with E-state index in [-0.39, 0.29) is 5.91 Å². The molecule has 2 aromatic carbocycles. The maximum absolute atomic E-state index is 12.2. The summed E-state index contributed by atoms with van der Waals surface area (Å²) in [6.07, 6.45) is -0.600. The second-order valence-corrected chi connectivity index (χ2v) is 4.74. The summed E-state index contributed by atoms with van der Waals surface area (Å²) < 4.78 is 10.8. The van der Waals surface area contributed by atoms with Gasteiger partial charge in [-0.15, -0.1) is 0 Å². The Morgan fingerprint density at radius 1 is 1.10 bits per heavy atom. The topological polar surface area (TPSA) is 47.6 Å². The van der Waals surface area contributed by atoms with Crippen molar-refractivity contribution in [1.82, 2.24) is 0 Å². The number of amides is 1. The van der Waals surface area contributed by atoms with Crippen molar-refractivity contribution in [1.29, 1.82) is 0 Å². The van der Waals surface area contributed by atoms with E-state index in [1.165, 1.54) is 0 Å². The van der Waals surface area contributed by atoms with Crippen LogP contribution < -0.4 is 14.8 Å². The molecule has 0 aliphatic carbocycles. The number of rotatable bonds is 5. The van der Waals surface area contributed by atoms with E-state index in [0.29, 0.717) is 11.5 Å². The number of anilines is 1. The van der Waals surface area contributed by atoms with E-state index < -0.39 is 6.10 Å². The van der Waals surface area contributed by atoms with Crippen molar-refractivity contribution in [2.75, 3.05) is 12.4 Å². The van der Waals surface area contributed by atoms with Crippen molar-refractivity contribution < 1.29 is 14.3 Å².